The molecular weight excluding hydrogens is 348 g/mol. The van der Waals surface area contributed by atoms with Gasteiger partial charge in [0.15, 0.2) is 26.5 Å². The maximum absolute atomic E-state index is 12.0. The highest BCUT2D eigenvalue weighted by atomic mass is 32.2. The van der Waals surface area contributed by atoms with Crippen LogP contribution in [0.3, 0.4) is 0 Å². The van der Waals surface area contributed by atoms with Crippen LogP contribution in [0.4, 0.5) is 5.69 Å². The van der Waals surface area contributed by atoms with E-state index in [4.69, 9.17) is 9.47 Å². The lowest BCUT2D eigenvalue weighted by molar-refractivity contribution is 0.174. The molecule has 0 unspecified atom stereocenters. The number of aliphatic imine (C=N–C) groups is 1. The Morgan fingerprint density at radius 2 is 2.17 bits per heavy atom. The zero-order valence-electron chi connectivity index (χ0n) is 13.3. The zero-order valence-corrected chi connectivity index (χ0v) is 14.9. The summed E-state index contributed by atoms with van der Waals surface area (Å²) in [5.41, 5.74) is 1.94. The van der Waals surface area contributed by atoms with Gasteiger partial charge in [-0.15, -0.1) is 0 Å². The number of sulfone groups is 1. The van der Waals surface area contributed by atoms with Crippen molar-refractivity contribution in [1.82, 2.24) is 0 Å². The molecule has 1 fully saturated rings. The summed E-state index contributed by atoms with van der Waals surface area (Å²) >= 11 is 1.59. The van der Waals surface area contributed by atoms with Gasteiger partial charge in [-0.25, -0.2) is 8.42 Å². The van der Waals surface area contributed by atoms with Crippen LogP contribution in [0.15, 0.2) is 35.3 Å². The molecule has 1 aromatic rings. The van der Waals surface area contributed by atoms with E-state index in [2.05, 4.69) is 11.6 Å². The number of rotatable bonds is 3. The van der Waals surface area contributed by atoms with Crippen molar-refractivity contribution in [3.05, 3.63) is 30.4 Å². The summed E-state index contributed by atoms with van der Waals surface area (Å²) in [6.45, 7) is 6.11. The Hall–Kier alpha value is -1.67. The van der Waals surface area contributed by atoms with E-state index in [1.807, 2.05) is 30.0 Å². The van der Waals surface area contributed by atoms with Crippen molar-refractivity contribution in [2.24, 2.45) is 4.99 Å². The quantitative estimate of drug-likeness (QED) is 0.763. The number of amidine groups is 1. The van der Waals surface area contributed by atoms with Gasteiger partial charge >= 0.3 is 0 Å². The minimum atomic E-state index is -3.04. The molecule has 128 valence electrons. The van der Waals surface area contributed by atoms with Crippen LogP contribution >= 0.6 is 11.8 Å². The molecule has 0 bridgehead atoms. The summed E-state index contributed by atoms with van der Waals surface area (Å²) in [7, 11) is -3.04. The fraction of sp³-hybridized carbons (Fsp3) is 0.438. The molecule has 8 heteroatoms. The highest BCUT2D eigenvalue weighted by Crippen LogP contribution is 2.40. The first-order valence-electron chi connectivity index (χ1n) is 7.67. The minimum absolute atomic E-state index is 0.121. The van der Waals surface area contributed by atoms with Crippen molar-refractivity contribution in [2.75, 3.05) is 29.0 Å². The summed E-state index contributed by atoms with van der Waals surface area (Å²) in [6, 6.07) is 5.33. The van der Waals surface area contributed by atoms with E-state index in [1.54, 1.807) is 11.8 Å². The van der Waals surface area contributed by atoms with Crippen LogP contribution < -0.4 is 14.4 Å². The fourth-order valence-electron chi connectivity index (χ4n) is 3.16. The van der Waals surface area contributed by atoms with Gasteiger partial charge in [0, 0.05) is 17.5 Å². The summed E-state index contributed by atoms with van der Waals surface area (Å²) in [6.07, 6.45) is 0. The van der Waals surface area contributed by atoms with Crippen LogP contribution in [-0.4, -0.2) is 49.7 Å². The zero-order chi connectivity index (χ0) is 16.9. The molecule has 3 aliphatic rings. The number of hydrogen-bond donors (Lipinski definition) is 0. The second kappa shape index (κ2) is 5.70. The third-order valence-corrected chi connectivity index (χ3v) is 7.09. The third-order valence-electron chi connectivity index (χ3n) is 4.19. The van der Waals surface area contributed by atoms with Crippen LogP contribution in [-0.2, 0) is 9.84 Å². The molecule has 6 nitrogen and oxygen atoms in total. The largest absolute Gasteiger partial charge is 0.454 e. The second-order valence-corrected chi connectivity index (χ2v) is 9.37. The lowest BCUT2D eigenvalue weighted by atomic mass is 10.1. The molecule has 0 N–H and O–H groups in total. The standard InChI is InChI=1S/C16H18N2O4S2/c1-10(2)6-23-16-17-12-7-24(19,20)8-13(12)18(16)11-3-4-14-15(5-11)22-9-21-14/h3-5,12-13H,1,6-9H2,2H3/t12-,13+/m1/s1. The number of benzene rings is 1. The van der Waals surface area contributed by atoms with Crippen LogP contribution in [0.1, 0.15) is 6.92 Å². The van der Waals surface area contributed by atoms with Crippen molar-refractivity contribution in [3.63, 3.8) is 0 Å². The Bertz CT molecular complexity index is 834. The van der Waals surface area contributed by atoms with Crippen LogP contribution in [0.25, 0.3) is 0 Å². The molecule has 0 aromatic heterocycles. The molecule has 0 saturated carbocycles. The van der Waals surface area contributed by atoms with E-state index >= 15 is 0 Å². The van der Waals surface area contributed by atoms with Crippen LogP contribution in [0.5, 0.6) is 11.5 Å². The maximum Gasteiger partial charge on any atom is 0.231 e. The normalized spacial score (nSPS) is 26.4. The number of thioether (sulfide) groups is 1. The van der Waals surface area contributed by atoms with E-state index in [-0.39, 0.29) is 30.4 Å². The molecular formula is C16H18N2O4S2. The number of ether oxygens (including phenoxy) is 2. The Morgan fingerprint density at radius 1 is 1.38 bits per heavy atom. The Balaban J connectivity index is 1.69. The molecule has 3 aliphatic heterocycles. The van der Waals surface area contributed by atoms with E-state index in [1.165, 1.54) is 0 Å². The van der Waals surface area contributed by atoms with Gasteiger partial charge in [0.1, 0.15) is 0 Å². The van der Waals surface area contributed by atoms with Gasteiger partial charge in [-0.1, -0.05) is 23.9 Å². The summed E-state index contributed by atoms with van der Waals surface area (Å²) in [4.78, 5) is 6.71. The van der Waals surface area contributed by atoms with Crippen molar-refractivity contribution < 1.29 is 17.9 Å². The van der Waals surface area contributed by atoms with E-state index in [0.717, 1.165) is 22.2 Å². The van der Waals surface area contributed by atoms with Crippen molar-refractivity contribution in [1.29, 1.82) is 0 Å². The first-order valence-corrected chi connectivity index (χ1v) is 10.5. The number of anilines is 1. The predicted molar refractivity (Wildman–Crippen MR) is 96.0 cm³/mol. The third kappa shape index (κ3) is 2.77. The van der Waals surface area contributed by atoms with Crippen molar-refractivity contribution in [3.8, 4) is 11.5 Å². The highest BCUT2D eigenvalue weighted by molar-refractivity contribution is 8.14. The first-order chi connectivity index (χ1) is 11.4. The molecule has 0 aliphatic carbocycles. The van der Waals surface area contributed by atoms with Gasteiger partial charge in [-0.2, -0.15) is 0 Å². The molecule has 0 radical (unpaired) electrons. The summed E-state index contributed by atoms with van der Waals surface area (Å²) < 4.78 is 34.9. The lowest BCUT2D eigenvalue weighted by Crippen LogP contribution is -2.39. The van der Waals surface area contributed by atoms with Gasteiger partial charge in [-0.3, -0.25) is 4.99 Å². The molecule has 0 spiro atoms. The SMILES string of the molecule is C=C(C)CSC1=N[C@@H]2CS(=O)(=O)C[C@@H]2N1c1ccc2c(c1)OCO2. The van der Waals surface area contributed by atoms with Crippen molar-refractivity contribution in [2.45, 2.75) is 19.0 Å². The molecule has 1 saturated heterocycles. The Morgan fingerprint density at radius 3 is 2.96 bits per heavy atom. The molecule has 1 aromatic carbocycles. The predicted octanol–water partition coefficient (Wildman–Crippen LogP) is 2.07. The average Bonchev–Trinajstić information content (AvgIpc) is 3.15. The highest BCUT2D eigenvalue weighted by Gasteiger charge is 2.47. The topological polar surface area (TPSA) is 68.2 Å². The molecule has 2 atom stereocenters. The minimum Gasteiger partial charge on any atom is -0.454 e. The molecule has 24 heavy (non-hydrogen) atoms. The van der Waals surface area contributed by atoms with Crippen LogP contribution in [0, 0.1) is 0 Å². The number of nitrogens with zero attached hydrogens (tertiary/aromatic N) is 2. The maximum atomic E-state index is 12.0. The lowest BCUT2D eigenvalue weighted by Gasteiger charge is -2.26. The van der Waals surface area contributed by atoms with Gasteiger partial charge in [0.05, 0.1) is 23.6 Å². The molecule has 3 heterocycles. The van der Waals surface area contributed by atoms with Gasteiger partial charge in [-0.05, 0) is 19.1 Å². The smallest absolute Gasteiger partial charge is 0.231 e. The van der Waals surface area contributed by atoms with Gasteiger partial charge in [0.2, 0.25) is 6.79 Å². The summed E-state index contributed by atoms with van der Waals surface area (Å²) in [5.74, 6) is 2.40. The Kier molecular flexibility index (Phi) is 3.76. The van der Waals surface area contributed by atoms with Gasteiger partial charge in [0.25, 0.3) is 0 Å². The van der Waals surface area contributed by atoms with Gasteiger partial charge < -0.3 is 14.4 Å². The number of fused-ring (bicyclic) bond motifs is 2. The second-order valence-electron chi connectivity index (χ2n) is 6.28. The number of hydrogen-bond acceptors (Lipinski definition) is 7. The first kappa shape index (κ1) is 15.8. The van der Waals surface area contributed by atoms with Crippen molar-refractivity contribution >= 4 is 32.5 Å². The van der Waals surface area contributed by atoms with E-state index in [9.17, 15) is 8.42 Å². The van der Waals surface area contributed by atoms with E-state index in [0.29, 0.717) is 11.5 Å². The Labute approximate surface area is 145 Å². The van der Waals surface area contributed by atoms with E-state index < -0.39 is 9.84 Å². The molecule has 4 rings (SSSR count). The average molecular weight is 366 g/mol. The fourth-order valence-corrected chi connectivity index (χ4v) is 5.97. The monoisotopic (exact) mass is 366 g/mol. The van der Waals surface area contributed by atoms with Crippen LogP contribution in [0.2, 0.25) is 0 Å². The summed E-state index contributed by atoms with van der Waals surface area (Å²) in [5, 5.41) is 0.849. The molecule has 0 amide bonds.